The van der Waals surface area contributed by atoms with Gasteiger partial charge in [-0.1, -0.05) is 18.2 Å². The molecule has 3 nitrogen and oxygen atoms in total. The molecule has 0 radical (unpaired) electrons. The number of aryl methyl sites for hydroxylation is 1. The Morgan fingerprint density at radius 2 is 2.20 bits per heavy atom. The monoisotopic (exact) mass is 272 g/mol. The molecule has 1 N–H and O–H groups in total. The molecule has 2 aliphatic heterocycles. The van der Waals surface area contributed by atoms with Crippen molar-refractivity contribution in [2.24, 2.45) is 5.92 Å². The zero-order valence-electron chi connectivity index (χ0n) is 12.1. The highest BCUT2D eigenvalue weighted by Gasteiger charge is 2.23. The summed E-state index contributed by atoms with van der Waals surface area (Å²) in [6.07, 6.45) is 6.45. The number of amides is 1. The van der Waals surface area contributed by atoms with Crippen LogP contribution >= 0.6 is 0 Å². The van der Waals surface area contributed by atoms with Gasteiger partial charge in [0.1, 0.15) is 0 Å². The van der Waals surface area contributed by atoms with Gasteiger partial charge in [0.15, 0.2) is 0 Å². The minimum absolute atomic E-state index is 0.308. The largest absolute Gasteiger partial charge is 0.316 e. The van der Waals surface area contributed by atoms with Crippen LogP contribution in [0.15, 0.2) is 24.3 Å². The molecule has 1 atom stereocenters. The van der Waals surface area contributed by atoms with E-state index in [-0.39, 0.29) is 0 Å². The molecular formula is C17H24N2O. The van der Waals surface area contributed by atoms with Crippen LogP contribution in [0.3, 0.4) is 0 Å². The smallest absolute Gasteiger partial charge is 0.226 e. The summed E-state index contributed by atoms with van der Waals surface area (Å²) in [7, 11) is 0. The maximum Gasteiger partial charge on any atom is 0.226 e. The number of hydrogen-bond donors (Lipinski definition) is 1. The zero-order chi connectivity index (χ0) is 13.8. The second-order valence-corrected chi connectivity index (χ2v) is 6.03. The van der Waals surface area contributed by atoms with Crippen LogP contribution in [0.1, 0.15) is 37.7 Å². The number of carbonyl (C=O) groups is 1. The standard InChI is InChI=1S/C17H24N2O/c20-17(10-9-14-5-3-11-18-13-14)19-12-4-7-15-6-1-2-8-16(15)19/h1-2,6,8,14,18H,3-5,7,9-13H2. The number of para-hydroxylation sites is 1. The highest BCUT2D eigenvalue weighted by molar-refractivity contribution is 5.94. The van der Waals surface area contributed by atoms with Gasteiger partial charge in [-0.25, -0.2) is 0 Å². The average molecular weight is 272 g/mol. The molecule has 0 spiro atoms. The van der Waals surface area contributed by atoms with Gasteiger partial charge in [0.05, 0.1) is 0 Å². The molecule has 2 heterocycles. The third kappa shape index (κ3) is 3.04. The molecule has 0 saturated carbocycles. The molecule has 3 rings (SSSR count). The van der Waals surface area contributed by atoms with Crippen molar-refractivity contribution < 1.29 is 4.79 Å². The number of hydrogen-bond acceptors (Lipinski definition) is 2. The minimum atomic E-state index is 0.308. The van der Waals surface area contributed by atoms with Gasteiger partial charge in [-0.3, -0.25) is 4.79 Å². The third-order valence-electron chi connectivity index (χ3n) is 4.58. The zero-order valence-corrected chi connectivity index (χ0v) is 12.1. The van der Waals surface area contributed by atoms with Crippen molar-refractivity contribution in [2.75, 3.05) is 24.5 Å². The van der Waals surface area contributed by atoms with Gasteiger partial charge in [0.2, 0.25) is 5.91 Å². The molecule has 0 aromatic heterocycles. The van der Waals surface area contributed by atoms with Crippen LogP contribution in [0.4, 0.5) is 5.69 Å². The number of carbonyl (C=O) groups excluding carboxylic acids is 1. The predicted molar refractivity (Wildman–Crippen MR) is 81.9 cm³/mol. The van der Waals surface area contributed by atoms with Crippen LogP contribution in [-0.2, 0) is 11.2 Å². The summed E-state index contributed by atoms with van der Waals surface area (Å²) in [6.45, 7) is 3.12. The van der Waals surface area contributed by atoms with E-state index in [1.165, 1.54) is 18.4 Å². The van der Waals surface area contributed by atoms with Gasteiger partial charge in [0, 0.05) is 18.7 Å². The molecule has 3 heteroatoms. The van der Waals surface area contributed by atoms with Crippen molar-refractivity contribution in [2.45, 2.75) is 38.5 Å². The van der Waals surface area contributed by atoms with Crippen LogP contribution in [0.25, 0.3) is 0 Å². The van der Waals surface area contributed by atoms with E-state index < -0.39 is 0 Å². The van der Waals surface area contributed by atoms with Crippen LogP contribution in [-0.4, -0.2) is 25.5 Å². The van der Waals surface area contributed by atoms with Crippen molar-refractivity contribution in [1.82, 2.24) is 5.32 Å². The highest BCUT2D eigenvalue weighted by Crippen LogP contribution is 2.28. The highest BCUT2D eigenvalue weighted by atomic mass is 16.2. The molecule has 108 valence electrons. The molecule has 2 aliphatic rings. The van der Waals surface area contributed by atoms with Crippen LogP contribution in [0.2, 0.25) is 0 Å². The fraction of sp³-hybridized carbons (Fsp3) is 0.588. The summed E-state index contributed by atoms with van der Waals surface area (Å²) in [4.78, 5) is 14.5. The van der Waals surface area contributed by atoms with Crippen molar-refractivity contribution in [1.29, 1.82) is 0 Å². The molecule has 0 aliphatic carbocycles. The fourth-order valence-electron chi connectivity index (χ4n) is 3.43. The quantitative estimate of drug-likeness (QED) is 0.917. The second-order valence-electron chi connectivity index (χ2n) is 6.03. The topological polar surface area (TPSA) is 32.3 Å². The first-order valence-corrected chi connectivity index (χ1v) is 7.93. The van der Waals surface area contributed by atoms with Crippen LogP contribution < -0.4 is 10.2 Å². The molecule has 20 heavy (non-hydrogen) atoms. The van der Waals surface area contributed by atoms with E-state index in [0.717, 1.165) is 44.6 Å². The number of benzene rings is 1. The first kappa shape index (κ1) is 13.6. The number of fused-ring (bicyclic) bond motifs is 1. The van der Waals surface area contributed by atoms with Crippen molar-refractivity contribution >= 4 is 11.6 Å². The molecule has 1 fully saturated rings. The number of piperidine rings is 1. The lowest BCUT2D eigenvalue weighted by atomic mass is 9.94. The van der Waals surface area contributed by atoms with Crippen LogP contribution in [0, 0.1) is 5.92 Å². The Bertz CT molecular complexity index is 466. The minimum Gasteiger partial charge on any atom is -0.316 e. The van der Waals surface area contributed by atoms with Crippen molar-refractivity contribution in [3.8, 4) is 0 Å². The number of nitrogens with one attached hydrogen (secondary N) is 1. The molecule has 0 bridgehead atoms. The van der Waals surface area contributed by atoms with Gasteiger partial charge < -0.3 is 10.2 Å². The first-order valence-electron chi connectivity index (χ1n) is 7.93. The Labute approximate surface area is 121 Å². The molecular weight excluding hydrogens is 248 g/mol. The fourth-order valence-corrected chi connectivity index (χ4v) is 3.43. The Hall–Kier alpha value is -1.35. The Kier molecular flexibility index (Phi) is 4.36. The summed E-state index contributed by atoms with van der Waals surface area (Å²) in [5.74, 6) is 0.996. The summed E-state index contributed by atoms with van der Waals surface area (Å²) in [6, 6.07) is 8.35. The first-order chi connectivity index (χ1) is 9.84. The van der Waals surface area contributed by atoms with E-state index in [1.807, 2.05) is 11.0 Å². The molecule has 1 unspecified atom stereocenters. The van der Waals surface area contributed by atoms with Gasteiger partial charge in [-0.15, -0.1) is 0 Å². The summed E-state index contributed by atoms with van der Waals surface area (Å²) in [5.41, 5.74) is 2.47. The lowest BCUT2D eigenvalue weighted by Crippen LogP contribution is -2.36. The number of rotatable bonds is 3. The summed E-state index contributed by atoms with van der Waals surface area (Å²) in [5, 5.41) is 3.43. The van der Waals surface area contributed by atoms with E-state index in [9.17, 15) is 4.79 Å². The second kappa shape index (κ2) is 6.40. The van der Waals surface area contributed by atoms with E-state index >= 15 is 0 Å². The SMILES string of the molecule is O=C(CCC1CCCNC1)N1CCCc2ccccc21. The Morgan fingerprint density at radius 3 is 3.05 bits per heavy atom. The van der Waals surface area contributed by atoms with Crippen molar-refractivity contribution in [3.63, 3.8) is 0 Å². The third-order valence-corrected chi connectivity index (χ3v) is 4.58. The maximum atomic E-state index is 12.5. The van der Waals surface area contributed by atoms with E-state index in [4.69, 9.17) is 0 Å². The predicted octanol–water partition coefficient (Wildman–Crippen LogP) is 2.75. The molecule has 1 amide bonds. The maximum absolute atomic E-state index is 12.5. The average Bonchev–Trinajstić information content (AvgIpc) is 2.53. The number of anilines is 1. The van der Waals surface area contributed by atoms with E-state index in [2.05, 4.69) is 23.5 Å². The molecule has 1 aromatic rings. The van der Waals surface area contributed by atoms with Crippen LogP contribution in [0.5, 0.6) is 0 Å². The van der Waals surface area contributed by atoms with E-state index in [1.54, 1.807) is 0 Å². The molecule has 1 aromatic carbocycles. The normalized spacial score (nSPS) is 22.4. The Balaban J connectivity index is 1.60. The van der Waals surface area contributed by atoms with Gasteiger partial charge in [-0.2, -0.15) is 0 Å². The van der Waals surface area contributed by atoms with Crippen molar-refractivity contribution in [3.05, 3.63) is 29.8 Å². The lowest BCUT2D eigenvalue weighted by Gasteiger charge is -2.30. The summed E-state index contributed by atoms with van der Waals surface area (Å²) < 4.78 is 0. The van der Waals surface area contributed by atoms with Gasteiger partial charge in [-0.05, 0) is 62.7 Å². The van der Waals surface area contributed by atoms with E-state index in [0.29, 0.717) is 18.2 Å². The van der Waals surface area contributed by atoms with Gasteiger partial charge >= 0.3 is 0 Å². The Morgan fingerprint density at radius 1 is 1.30 bits per heavy atom. The molecule has 1 saturated heterocycles. The summed E-state index contributed by atoms with van der Waals surface area (Å²) >= 11 is 0. The van der Waals surface area contributed by atoms with Gasteiger partial charge in [0.25, 0.3) is 0 Å². The number of nitrogens with zero attached hydrogens (tertiary/aromatic N) is 1. The lowest BCUT2D eigenvalue weighted by molar-refractivity contribution is -0.119.